The third kappa shape index (κ3) is 3.64. The Balaban J connectivity index is 1.35. The van der Waals surface area contributed by atoms with Crippen molar-refractivity contribution in [3.8, 4) is 17.2 Å². The number of aryl methyl sites for hydroxylation is 1. The van der Waals surface area contributed by atoms with E-state index in [2.05, 4.69) is 9.97 Å². The molecular weight excluding hydrogens is 406 g/mol. The number of para-hydroxylation sites is 2. The van der Waals surface area contributed by atoms with Gasteiger partial charge in [-0.1, -0.05) is 12.1 Å². The topological polar surface area (TPSA) is 81.6 Å². The van der Waals surface area contributed by atoms with E-state index in [4.69, 9.17) is 13.6 Å². The Morgan fingerprint density at radius 2 is 2.00 bits per heavy atom. The SMILES string of the molecule is COc1cc(C(=O)N(C)C2CCC(c3ncc(C)o3)C2)ccc1-c1nc2ccccc2o1. The minimum absolute atomic E-state index is 0.0401. The lowest BCUT2D eigenvalue weighted by Crippen LogP contribution is -2.35. The van der Waals surface area contributed by atoms with Gasteiger partial charge in [-0.2, -0.15) is 0 Å². The third-order valence-corrected chi connectivity index (χ3v) is 6.23. The van der Waals surface area contributed by atoms with Crippen LogP contribution in [0.25, 0.3) is 22.6 Å². The molecular formula is C25H25N3O4. The summed E-state index contributed by atoms with van der Waals surface area (Å²) in [6.45, 7) is 1.90. The number of benzene rings is 2. The van der Waals surface area contributed by atoms with Gasteiger partial charge in [0, 0.05) is 24.6 Å². The maximum atomic E-state index is 13.2. The summed E-state index contributed by atoms with van der Waals surface area (Å²) in [5, 5.41) is 0. The Morgan fingerprint density at radius 1 is 1.16 bits per heavy atom. The molecule has 1 aliphatic carbocycles. The molecule has 2 aromatic carbocycles. The number of ether oxygens (including phenoxy) is 1. The average molecular weight is 431 g/mol. The number of nitrogens with zero attached hydrogens (tertiary/aromatic N) is 3. The highest BCUT2D eigenvalue weighted by molar-refractivity contribution is 5.95. The molecule has 0 aliphatic heterocycles. The van der Waals surface area contributed by atoms with Gasteiger partial charge in [0.2, 0.25) is 5.89 Å². The first-order chi connectivity index (χ1) is 15.5. The standard InChI is InChI=1S/C25H25N3O4/c1-15-14-26-23(31-15)16-8-10-18(12-16)28(2)25(29)17-9-11-19(22(13-17)30-3)24-27-20-6-4-5-7-21(20)32-24/h4-7,9,11,13-14,16,18H,8,10,12H2,1-3H3. The molecule has 164 valence electrons. The van der Waals surface area contributed by atoms with Crippen LogP contribution in [0.4, 0.5) is 0 Å². The minimum Gasteiger partial charge on any atom is -0.496 e. The second kappa shape index (κ2) is 8.15. The molecule has 2 heterocycles. The van der Waals surface area contributed by atoms with Gasteiger partial charge in [0.1, 0.15) is 17.0 Å². The lowest BCUT2D eigenvalue weighted by Gasteiger charge is -2.25. The van der Waals surface area contributed by atoms with Crippen LogP contribution in [-0.4, -0.2) is 41.0 Å². The predicted octanol–water partition coefficient (Wildman–Crippen LogP) is 5.21. The number of carbonyl (C=O) groups excluding carboxylic acids is 1. The molecule has 1 amide bonds. The van der Waals surface area contributed by atoms with Crippen LogP contribution in [0.15, 0.2) is 57.5 Å². The van der Waals surface area contributed by atoms with Crippen LogP contribution < -0.4 is 4.74 Å². The first kappa shape index (κ1) is 20.3. The number of amides is 1. The first-order valence-electron chi connectivity index (χ1n) is 10.8. The molecule has 7 nitrogen and oxygen atoms in total. The Morgan fingerprint density at radius 3 is 2.75 bits per heavy atom. The highest BCUT2D eigenvalue weighted by atomic mass is 16.5. The third-order valence-electron chi connectivity index (χ3n) is 6.23. The van der Waals surface area contributed by atoms with Crippen molar-refractivity contribution in [3.63, 3.8) is 0 Å². The van der Waals surface area contributed by atoms with Crippen LogP contribution in [-0.2, 0) is 0 Å². The van der Waals surface area contributed by atoms with Crippen LogP contribution in [0, 0.1) is 6.92 Å². The summed E-state index contributed by atoms with van der Waals surface area (Å²) >= 11 is 0. The van der Waals surface area contributed by atoms with Crippen molar-refractivity contribution in [2.24, 2.45) is 0 Å². The maximum absolute atomic E-state index is 13.2. The van der Waals surface area contributed by atoms with Crippen molar-refractivity contribution < 1.29 is 18.4 Å². The van der Waals surface area contributed by atoms with E-state index in [1.165, 1.54) is 0 Å². The molecule has 0 radical (unpaired) electrons. The fourth-order valence-corrected chi connectivity index (χ4v) is 4.45. The predicted molar refractivity (Wildman–Crippen MR) is 120 cm³/mol. The Kier molecular flexibility index (Phi) is 5.17. The molecule has 1 fully saturated rings. The van der Waals surface area contributed by atoms with Crippen molar-refractivity contribution in [1.29, 1.82) is 0 Å². The van der Waals surface area contributed by atoms with Crippen LogP contribution >= 0.6 is 0 Å². The summed E-state index contributed by atoms with van der Waals surface area (Å²) in [5.74, 6) is 2.82. The summed E-state index contributed by atoms with van der Waals surface area (Å²) in [7, 11) is 3.44. The number of rotatable bonds is 5. The van der Waals surface area contributed by atoms with Crippen LogP contribution in [0.2, 0.25) is 0 Å². The van der Waals surface area contributed by atoms with E-state index in [0.717, 1.165) is 36.4 Å². The number of carbonyl (C=O) groups is 1. The van der Waals surface area contributed by atoms with E-state index in [1.807, 2.05) is 49.2 Å². The zero-order valence-corrected chi connectivity index (χ0v) is 18.4. The molecule has 0 N–H and O–H groups in total. The molecule has 1 aliphatic rings. The summed E-state index contributed by atoms with van der Waals surface area (Å²) in [4.78, 5) is 24.0. The molecule has 2 aromatic heterocycles. The van der Waals surface area contributed by atoms with Gasteiger partial charge in [-0.05, 0) is 56.5 Å². The molecule has 5 rings (SSSR count). The lowest BCUT2D eigenvalue weighted by atomic mass is 10.1. The number of hydrogen-bond donors (Lipinski definition) is 0. The van der Waals surface area contributed by atoms with Gasteiger partial charge >= 0.3 is 0 Å². The molecule has 32 heavy (non-hydrogen) atoms. The molecule has 2 unspecified atom stereocenters. The minimum atomic E-state index is -0.0401. The number of methoxy groups -OCH3 is 1. The van der Waals surface area contributed by atoms with E-state index in [1.54, 1.807) is 25.4 Å². The zero-order chi connectivity index (χ0) is 22.2. The fraction of sp³-hybridized carbons (Fsp3) is 0.320. The molecule has 0 spiro atoms. The molecule has 2 atom stereocenters. The van der Waals surface area contributed by atoms with Crippen LogP contribution in [0.3, 0.4) is 0 Å². The smallest absolute Gasteiger partial charge is 0.253 e. The summed E-state index contributed by atoms with van der Waals surface area (Å²) < 4.78 is 17.2. The monoisotopic (exact) mass is 431 g/mol. The number of oxazole rings is 2. The number of hydrogen-bond acceptors (Lipinski definition) is 6. The molecule has 7 heteroatoms. The van der Waals surface area contributed by atoms with Crippen molar-refractivity contribution in [2.75, 3.05) is 14.2 Å². The van der Waals surface area contributed by atoms with Crippen molar-refractivity contribution in [1.82, 2.24) is 14.9 Å². The van der Waals surface area contributed by atoms with Gasteiger partial charge in [-0.25, -0.2) is 9.97 Å². The van der Waals surface area contributed by atoms with Gasteiger partial charge in [-0.3, -0.25) is 4.79 Å². The largest absolute Gasteiger partial charge is 0.496 e. The molecule has 0 saturated heterocycles. The number of aromatic nitrogens is 2. The normalized spacial score (nSPS) is 18.2. The van der Waals surface area contributed by atoms with Gasteiger partial charge in [0.25, 0.3) is 5.91 Å². The van der Waals surface area contributed by atoms with Crippen LogP contribution in [0.5, 0.6) is 5.75 Å². The Bertz CT molecular complexity index is 1240. The van der Waals surface area contributed by atoms with E-state index in [0.29, 0.717) is 28.4 Å². The van der Waals surface area contributed by atoms with E-state index < -0.39 is 0 Å². The second-order valence-electron chi connectivity index (χ2n) is 8.29. The number of fused-ring (bicyclic) bond motifs is 1. The maximum Gasteiger partial charge on any atom is 0.253 e. The first-order valence-corrected chi connectivity index (χ1v) is 10.8. The molecule has 1 saturated carbocycles. The van der Waals surface area contributed by atoms with Gasteiger partial charge in [0.15, 0.2) is 11.5 Å². The second-order valence-corrected chi connectivity index (χ2v) is 8.29. The highest BCUT2D eigenvalue weighted by Crippen LogP contribution is 2.37. The average Bonchev–Trinajstić information content (AvgIpc) is 3.56. The Labute approximate surface area is 186 Å². The Hall–Kier alpha value is -3.61. The van der Waals surface area contributed by atoms with Gasteiger partial charge < -0.3 is 18.5 Å². The molecule has 0 bridgehead atoms. The van der Waals surface area contributed by atoms with E-state index in [9.17, 15) is 4.79 Å². The van der Waals surface area contributed by atoms with Crippen LogP contribution in [0.1, 0.15) is 47.2 Å². The summed E-state index contributed by atoms with van der Waals surface area (Å²) in [6.07, 6.45) is 4.48. The quantitative estimate of drug-likeness (QED) is 0.432. The fourth-order valence-electron chi connectivity index (χ4n) is 4.45. The van der Waals surface area contributed by atoms with Crippen molar-refractivity contribution >= 4 is 17.0 Å². The molecule has 4 aromatic rings. The lowest BCUT2D eigenvalue weighted by molar-refractivity contribution is 0.0733. The van der Waals surface area contributed by atoms with Crippen molar-refractivity contribution in [2.45, 2.75) is 38.1 Å². The summed E-state index contributed by atoms with van der Waals surface area (Å²) in [5.41, 5.74) is 2.77. The summed E-state index contributed by atoms with van der Waals surface area (Å²) in [6, 6.07) is 13.1. The highest BCUT2D eigenvalue weighted by Gasteiger charge is 2.33. The van der Waals surface area contributed by atoms with E-state index >= 15 is 0 Å². The van der Waals surface area contributed by atoms with Crippen molar-refractivity contribution in [3.05, 3.63) is 65.9 Å². The van der Waals surface area contributed by atoms with Gasteiger partial charge in [-0.15, -0.1) is 0 Å². The van der Waals surface area contributed by atoms with Gasteiger partial charge in [0.05, 0.1) is 18.9 Å². The van der Waals surface area contributed by atoms with E-state index in [-0.39, 0.29) is 17.9 Å². The zero-order valence-electron chi connectivity index (χ0n) is 18.4.